The summed E-state index contributed by atoms with van der Waals surface area (Å²) in [4.78, 5) is 25.1. The first-order valence-electron chi connectivity index (χ1n) is 9.94. The average Bonchev–Trinajstić information content (AvgIpc) is 2.74. The molecule has 10 heteroatoms. The van der Waals surface area contributed by atoms with Crippen LogP contribution < -0.4 is 14.8 Å². The third kappa shape index (κ3) is 6.45. The van der Waals surface area contributed by atoms with E-state index in [0.29, 0.717) is 48.9 Å². The van der Waals surface area contributed by atoms with Crippen LogP contribution in [0.2, 0.25) is 0 Å². The van der Waals surface area contributed by atoms with Crippen LogP contribution in [0.4, 0.5) is 16.3 Å². The third-order valence-electron chi connectivity index (χ3n) is 4.46. The highest BCUT2D eigenvalue weighted by atomic mass is 16.8. The number of nitrogens with one attached hydrogen (secondary N) is 1. The molecule has 1 aromatic carbocycles. The summed E-state index contributed by atoms with van der Waals surface area (Å²) < 4.78 is 16.2. The summed E-state index contributed by atoms with van der Waals surface area (Å²) >= 11 is 0. The molecule has 0 radical (unpaired) electrons. The fourth-order valence-electron chi connectivity index (χ4n) is 3.01. The second-order valence-corrected chi connectivity index (χ2v) is 7.15. The van der Waals surface area contributed by atoms with E-state index < -0.39 is 6.16 Å². The molecule has 10 nitrogen and oxygen atoms in total. The molecule has 164 valence electrons. The highest BCUT2D eigenvalue weighted by Crippen LogP contribution is 2.26. The Morgan fingerprint density at radius 2 is 2.03 bits per heavy atom. The normalized spacial score (nSPS) is 14.5. The summed E-state index contributed by atoms with van der Waals surface area (Å²) in [5.74, 6) is 1.47. The number of aromatic nitrogens is 2. The molecule has 1 N–H and O–H groups in total. The molecule has 2 aromatic rings. The molecule has 0 saturated carbocycles. The van der Waals surface area contributed by atoms with Gasteiger partial charge in [-0.3, -0.25) is 0 Å². The van der Waals surface area contributed by atoms with Gasteiger partial charge >= 0.3 is 6.16 Å². The molecule has 3 rings (SSSR count). The monoisotopic (exact) mass is 427 g/mol. The van der Waals surface area contributed by atoms with Crippen molar-refractivity contribution in [2.24, 2.45) is 0 Å². The number of hydrogen-bond donors (Lipinski definition) is 1. The predicted octanol–water partition coefficient (Wildman–Crippen LogP) is 3.42. The molecule has 1 fully saturated rings. The van der Waals surface area contributed by atoms with Crippen LogP contribution in [0, 0.1) is 11.3 Å². The second-order valence-electron chi connectivity index (χ2n) is 7.15. The van der Waals surface area contributed by atoms with Crippen molar-refractivity contribution in [2.45, 2.75) is 38.9 Å². The van der Waals surface area contributed by atoms with Crippen molar-refractivity contribution in [3.63, 3.8) is 0 Å². The van der Waals surface area contributed by atoms with Gasteiger partial charge in [-0.1, -0.05) is 0 Å². The lowest BCUT2D eigenvalue weighted by atomic mass is 10.1. The summed E-state index contributed by atoms with van der Waals surface area (Å²) in [6.07, 6.45) is 1.79. The van der Waals surface area contributed by atoms with Crippen LogP contribution in [0.1, 0.15) is 32.3 Å². The lowest BCUT2D eigenvalue weighted by Gasteiger charge is -2.30. The molecular formula is C21H25N5O5. The number of hydroxylamine groups is 2. The minimum absolute atomic E-state index is 0.0567. The summed E-state index contributed by atoms with van der Waals surface area (Å²) in [5, 5.41) is 13.8. The smallest absolute Gasteiger partial charge is 0.495 e. The van der Waals surface area contributed by atoms with Crippen LogP contribution in [0.3, 0.4) is 0 Å². The maximum Gasteiger partial charge on any atom is 0.528 e. The van der Waals surface area contributed by atoms with Crippen LogP contribution in [-0.2, 0) is 9.57 Å². The highest BCUT2D eigenvalue weighted by Gasteiger charge is 2.24. The van der Waals surface area contributed by atoms with Crippen LogP contribution in [0.25, 0.3) is 0 Å². The lowest BCUT2D eigenvalue weighted by Crippen LogP contribution is -2.40. The first-order chi connectivity index (χ1) is 15.0. The zero-order chi connectivity index (χ0) is 22.2. The summed E-state index contributed by atoms with van der Waals surface area (Å²) in [5.41, 5.74) is 1.17. The number of hydrogen-bond acceptors (Lipinski definition) is 10. The van der Waals surface area contributed by atoms with E-state index in [2.05, 4.69) is 21.4 Å². The summed E-state index contributed by atoms with van der Waals surface area (Å²) in [6, 6.07) is 8.94. The highest BCUT2D eigenvalue weighted by molar-refractivity contribution is 5.62. The van der Waals surface area contributed by atoms with Gasteiger partial charge in [0.25, 0.3) is 0 Å². The number of piperidine rings is 1. The number of nitriles is 1. The van der Waals surface area contributed by atoms with Crippen LogP contribution in [0.5, 0.6) is 11.6 Å². The molecule has 0 bridgehead atoms. The van der Waals surface area contributed by atoms with Gasteiger partial charge in [0, 0.05) is 43.8 Å². The van der Waals surface area contributed by atoms with E-state index in [1.165, 1.54) is 13.4 Å². The molecule has 1 aliphatic heterocycles. The quantitative estimate of drug-likeness (QED) is 0.658. The second kappa shape index (κ2) is 10.4. The van der Waals surface area contributed by atoms with Gasteiger partial charge in [-0.05, 0) is 26.0 Å². The van der Waals surface area contributed by atoms with Gasteiger partial charge in [0.05, 0.1) is 18.8 Å². The Labute approximate surface area is 180 Å². The number of anilines is 2. The van der Waals surface area contributed by atoms with Crippen molar-refractivity contribution in [1.82, 2.24) is 15.0 Å². The largest absolute Gasteiger partial charge is 0.528 e. The molecule has 0 atom stereocenters. The predicted molar refractivity (Wildman–Crippen MR) is 111 cm³/mol. The topological polar surface area (TPSA) is 119 Å². The third-order valence-corrected chi connectivity index (χ3v) is 4.46. The van der Waals surface area contributed by atoms with Crippen molar-refractivity contribution in [2.75, 3.05) is 25.5 Å². The van der Waals surface area contributed by atoms with Crippen molar-refractivity contribution in [1.29, 1.82) is 5.26 Å². The standard InChI is InChI=1S/C21H25N5O5/c1-14(2)29-21(27)31-26-8-6-17(7-9-26)30-20-11-19(23-13-24-20)25-16-5-4-15(12-22)18(10-16)28-3/h4-5,10-11,13-14,17H,6-9H2,1-3H3,(H,23,24,25). The van der Waals surface area contributed by atoms with Crippen LogP contribution in [-0.4, -0.2) is 53.6 Å². The number of nitrogens with zero attached hydrogens (tertiary/aromatic N) is 4. The number of ether oxygens (including phenoxy) is 3. The minimum atomic E-state index is -0.694. The van der Waals surface area contributed by atoms with Gasteiger partial charge in [-0.15, -0.1) is 5.06 Å². The first-order valence-corrected chi connectivity index (χ1v) is 9.94. The Hall–Kier alpha value is -3.58. The SMILES string of the molecule is COc1cc(Nc2cc(OC3CCN(OC(=O)OC(C)C)CC3)ncn2)ccc1C#N. The number of benzene rings is 1. The molecule has 2 heterocycles. The number of carbonyl (C=O) groups is 1. The zero-order valence-electron chi connectivity index (χ0n) is 17.7. The molecule has 1 saturated heterocycles. The lowest BCUT2D eigenvalue weighted by molar-refractivity contribution is -0.151. The van der Waals surface area contributed by atoms with Crippen molar-refractivity contribution in [3.8, 4) is 17.7 Å². The van der Waals surface area contributed by atoms with Gasteiger partial charge in [-0.2, -0.15) is 5.26 Å². The number of carbonyl (C=O) groups excluding carboxylic acids is 1. The Kier molecular flexibility index (Phi) is 7.45. The van der Waals surface area contributed by atoms with E-state index in [1.807, 2.05) is 0 Å². The summed E-state index contributed by atoms with van der Waals surface area (Å²) in [6.45, 7) is 4.62. The fraction of sp³-hybridized carbons (Fsp3) is 0.429. The molecule has 1 aromatic heterocycles. The van der Waals surface area contributed by atoms with Gasteiger partial charge in [0.2, 0.25) is 5.88 Å². The molecule has 0 unspecified atom stereocenters. The Balaban J connectivity index is 1.53. The molecule has 0 spiro atoms. The van der Waals surface area contributed by atoms with E-state index in [1.54, 1.807) is 43.2 Å². The van der Waals surface area contributed by atoms with Gasteiger partial charge in [0.1, 0.15) is 30.1 Å². The van der Waals surface area contributed by atoms with E-state index in [9.17, 15) is 4.79 Å². The zero-order valence-corrected chi connectivity index (χ0v) is 17.7. The maximum absolute atomic E-state index is 11.6. The Morgan fingerprint density at radius 1 is 1.26 bits per heavy atom. The Morgan fingerprint density at radius 3 is 2.71 bits per heavy atom. The van der Waals surface area contributed by atoms with E-state index >= 15 is 0 Å². The van der Waals surface area contributed by atoms with Crippen LogP contribution in [0.15, 0.2) is 30.6 Å². The van der Waals surface area contributed by atoms with Crippen LogP contribution >= 0.6 is 0 Å². The van der Waals surface area contributed by atoms with E-state index in [0.717, 1.165) is 5.69 Å². The summed E-state index contributed by atoms with van der Waals surface area (Å²) in [7, 11) is 1.51. The van der Waals surface area contributed by atoms with Crippen molar-refractivity contribution in [3.05, 3.63) is 36.2 Å². The van der Waals surface area contributed by atoms with Crippen molar-refractivity contribution < 1.29 is 23.8 Å². The van der Waals surface area contributed by atoms with E-state index in [4.69, 9.17) is 24.3 Å². The number of rotatable bonds is 7. The minimum Gasteiger partial charge on any atom is -0.495 e. The molecule has 31 heavy (non-hydrogen) atoms. The molecular weight excluding hydrogens is 402 g/mol. The first kappa shape index (κ1) is 22.1. The molecule has 0 aliphatic carbocycles. The Bertz CT molecular complexity index is 938. The van der Waals surface area contributed by atoms with Gasteiger partial charge in [-0.25, -0.2) is 14.8 Å². The molecule has 1 aliphatic rings. The maximum atomic E-state index is 11.6. The average molecular weight is 427 g/mol. The van der Waals surface area contributed by atoms with Gasteiger partial charge < -0.3 is 24.4 Å². The molecule has 0 amide bonds. The van der Waals surface area contributed by atoms with Crippen molar-refractivity contribution >= 4 is 17.7 Å². The fourth-order valence-corrected chi connectivity index (χ4v) is 3.01. The number of methoxy groups -OCH3 is 1. The van der Waals surface area contributed by atoms with Gasteiger partial charge in [0.15, 0.2) is 0 Å². The van der Waals surface area contributed by atoms with E-state index in [-0.39, 0.29) is 12.2 Å².